The second-order valence-corrected chi connectivity index (χ2v) is 5.39. The normalized spacial score (nSPS) is 11.2. The third-order valence-electron chi connectivity index (χ3n) is 3.91. The van der Waals surface area contributed by atoms with Crippen LogP contribution in [0.25, 0.3) is 11.0 Å². The molecule has 4 heteroatoms. The summed E-state index contributed by atoms with van der Waals surface area (Å²) in [5, 5.41) is 3.32. The molecule has 1 aromatic heterocycles. The number of aromatic amines is 1. The van der Waals surface area contributed by atoms with Crippen LogP contribution in [0.3, 0.4) is 0 Å². The topological polar surface area (TPSA) is 44.0 Å². The maximum absolute atomic E-state index is 4.53. The molecule has 0 saturated heterocycles. The van der Waals surface area contributed by atoms with E-state index in [2.05, 4.69) is 58.3 Å². The van der Waals surface area contributed by atoms with E-state index in [-0.39, 0.29) is 0 Å². The van der Waals surface area contributed by atoms with Crippen molar-refractivity contribution in [3.05, 3.63) is 54.1 Å². The van der Waals surface area contributed by atoms with Crippen molar-refractivity contribution in [1.29, 1.82) is 0 Å². The number of nitrogens with zero attached hydrogens (tertiary/aromatic N) is 2. The van der Waals surface area contributed by atoms with Crippen LogP contribution >= 0.6 is 0 Å². The summed E-state index contributed by atoms with van der Waals surface area (Å²) in [6, 6.07) is 16.6. The molecule has 2 N–H and O–H groups in total. The number of aromatic nitrogens is 2. The van der Waals surface area contributed by atoms with Gasteiger partial charge < -0.3 is 10.3 Å². The molecule has 3 rings (SSSR count). The van der Waals surface area contributed by atoms with Gasteiger partial charge in [-0.3, -0.25) is 4.90 Å². The lowest BCUT2D eigenvalue weighted by Gasteiger charge is -2.18. The van der Waals surface area contributed by atoms with Crippen molar-refractivity contribution < 1.29 is 0 Å². The highest BCUT2D eigenvalue weighted by Gasteiger charge is 2.04. The fraction of sp³-hybridized carbons (Fsp3) is 0.278. The second kappa shape index (κ2) is 6.62. The first-order valence-corrected chi connectivity index (χ1v) is 7.81. The quantitative estimate of drug-likeness (QED) is 0.718. The van der Waals surface area contributed by atoms with Crippen LogP contribution in [0.1, 0.15) is 19.4 Å². The van der Waals surface area contributed by atoms with E-state index in [0.29, 0.717) is 0 Å². The Kier molecular flexibility index (Phi) is 4.39. The summed E-state index contributed by atoms with van der Waals surface area (Å²) in [5.74, 6) is 0.776. The van der Waals surface area contributed by atoms with Crippen LogP contribution in [0.2, 0.25) is 0 Å². The molecule has 0 spiro atoms. The third-order valence-corrected chi connectivity index (χ3v) is 3.91. The maximum atomic E-state index is 4.53. The zero-order valence-electron chi connectivity index (χ0n) is 13.1. The highest BCUT2D eigenvalue weighted by Crippen LogP contribution is 2.18. The summed E-state index contributed by atoms with van der Waals surface area (Å²) in [6.07, 6.45) is 0. The van der Waals surface area contributed by atoms with Gasteiger partial charge in [0.15, 0.2) is 0 Å². The number of rotatable bonds is 6. The van der Waals surface area contributed by atoms with E-state index in [1.54, 1.807) is 0 Å². The largest absolute Gasteiger partial charge is 0.326 e. The van der Waals surface area contributed by atoms with Gasteiger partial charge >= 0.3 is 0 Å². The summed E-state index contributed by atoms with van der Waals surface area (Å²) in [5.41, 5.74) is 4.40. The van der Waals surface area contributed by atoms with Crippen molar-refractivity contribution in [1.82, 2.24) is 14.9 Å². The molecular formula is C18H22N4. The van der Waals surface area contributed by atoms with Gasteiger partial charge in [0.05, 0.1) is 11.0 Å². The summed E-state index contributed by atoms with van der Waals surface area (Å²) < 4.78 is 0. The lowest BCUT2D eigenvalue weighted by molar-refractivity contribution is 0.296. The number of para-hydroxylation sites is 2. The van der Waals surface area contributed by atoms with E-state index < -0.39 is 0 Å². The SMILES string of the molecule is CCN(CC)Cc1ccc(Nc2nc3ccccc3[nH]2)cc1. The van der Waals surface area contributed by atoms with Crippen molar-refractivity contribution in [2.75, 3.05) is 18.4 Å². The summed E-state index contributed by atoms with van der Waals surface area (Å²) in [6.45, 7) is 7.55. The van der Waals surface area contributed by atoms with Crippen LogP contribution in [0, 0.1) is 0 Å². The number of benzene rings is 2. The lowest BCUT2D eigenvalue weighted by atomic mass is 10.2. The first-order valence-electron chi connectivity index (χ1n) is 7.81. The highest BCUT2D eigenvalue weighted by atomic mass is 15.1. The Morgan fingerprint density at radius 1 is 1.00 bits per heavy atom. The van der Waals surface area contributed by atoms with Crippen molar-refractivity contribution >= 4 is 22.7 Å². The Bertz CT molecular complexity index is 693. The molecular weight excluding hydrogens is 272 g/mol. The van der Waals surface area contributed by atoms with E-state index >= 15 is 0 Å². The molecule has 0 amide bonds. The van der Waals surface area contributed by atoms with Crippen LogP contribution in [0.5, 0.6) is 0 Å². The van der Waals surface area contributed by atoms with Gasteiger partial charge in [0, 0.05) is 12.2 Å². The first kappa shape index (κ1) is 14.6. The molecule has 0 aliphatic carbocycles. The smallest absolute Gasteiger partial charge is 0.205 e. The van der Waals surface area contributed by atoms with Gasteiger partial charge in [0.2, 0.25) is 5.95 Å². The van der Waals surface area contributed by atoms with Gasteiger partial charge in [-0.15, -0.1) is 0 Å². The number of anilines is 2. The Morgan fingerprint density at radius 2 is 1.73 bits per heavy atom. The van der Waals surface area contributed by atoms with Gasteiger partial charge in [0.1, 0.15) is 0 Å². The highest BCUT2D eigenvalue weighted by molar-refractivity contribution is 5.78. The fourth-order valence-corrected chi connectivity index (χ4v) is 2.55. The summed E-state index contributed by atoms with van der Waals surface area (Å²) in [7, 11) is 0. The van der Waals surface area contributed by atoms with E-state index in [1.807, 2.05) is 24.3 Å². The van der Waals surface area contributed by atoms with Crippen molar-refractivity contribution in [2.45, 2.75) is 20.4 Å². The number of fused-ring (bicyclic) bond motifs is 1. The fourth-order valence-electron chi connectivity index (χ4n) is 2.55. The van der Waals surface area contributed by atoms with Crippen molar-refractivity contribution in [2.24, 2.45) is 0 Å². The minimum absolute atomic E-state index is 0.776. The molecule has 0 bridgehead atoms. The standard InChI is InChI=1S/C18H22N4/c1-3-22(4-2)13-14-9-11-15(12-10-14)19-18-20-16-7-5-6-8-17(16)21-18/h5-12H,3-4,13H2,1-2H3,(H2,19,20,21). The monoisotopic (exact) mass is 294 g/mol. The molecule has 3 aromatic rings. The van der Waals surface area contributed by atoms with E-state index in [0.717, 1.165) is 42.3 Å². The average molecular weight is 294 g/mol. The Hall–Kier alpha value is -2.33. The van der Waals surface area contributed by atoms with E-state index in [1.165, 1.54) is 5.56 Å². The summed E-state index contributed by atoms with van der Waals surface area (Å²) >= 11 is 0. The zero-order chi connectivity index (χ0) is 15.4. The lowest BCUT2D eigenvalue weighted by Crippen LogP contribution is -2.21. The van der Waals surface area contributed by atoms with Gasteiger partial charge in [-0.05, 0) is 42.9 Å². The molecule has 0 aliphatic heterocycles. The van der Waals surface area contributed by atoms with Gasteiger partial charge in [-0.1, -0.05) is 38.1 Å². The number of hydrogen-bond donors (Lipinski definition) is 2. The van der Waals surface area contributed by atoms with Crippen LogP contribution < -0.4 is 5.32 Å². The van der Waals surface area contributed by atoms with E-state index in [4.69, 9.17) is 0 Å². The van der Waals surface area contributed by atoms with Crippen LogP contribution in [-0.4, -0.2) is 28.0 Å². The third kappa shape index (κ3) is 3.28. The number of imidazole rings is 1. The molecule has 0 unspecified atom stereocenters. The Labute approximate surface area is 131 Å². The number of H-pyrrole nitrogens is 1. The minimum Gasteiger partial charge on any atom is -0.326 e. The second-order valence-electron chi connectivity index (χ2n) is 5.39. The maximum Gasteiger partial charge on any atom is 0.205 e. The molecule has 22 heavy (non-hydrogen) atoms. The molecule has 0 atom stereocenters. The molecule has 0 fully saturated rings. The van der Waals surface area contributed by atoms with Crippen LogP contribution in [0.4, 0.5) is 11.6 Å². The molecule has 0 radical (unpaired) electrons. The van der Waals surface area contributed by atoms with Crippen molar-refractivity contribution in [3.8, 4) is 0 Å². The van der Waals surface area contributed by atoms with Crippen LogP contribution in [-0.2, 0) is 6.54 Å². The Morgan fingerprint density at radius 3 is 2.41 bits per heavy atom. The number of nitrogens with one attached hydrogen (secondary N) is 2. The molecule has 0 aliphatic rings. The molecule has 1 heterocycles. The number of hydrogen-bond acceptors (Lipinski definition) is 3. The summed E-state index contributed by atoms with van der Waals surface area (Å²) in [4.78, 5) is 10.2. The van der Waals surface area contributed by atoms with E-state index in [9.17, 15) is 0 Å². The molecule has 4 nitrogen and oxygen atoms in total. The van der Waals surface area contributed by atoms with Gasteiger partial charge in [-0.25, -0.2) is 4.98 Å². The van der Waals surface area contributed by atoms with Gasteiger partial charge in [0.25, 0.3) is 0 Å². The first-order chi connectivity index (χ1) is 10.8. The Balaban J connectivity index is 1.70. The zero-order valence-corrected chi connectivity index (χ0v) is 13.1. The van der Waals surface area contributed by atoms with Crippen molar-refractivity contribution in [3.63, 3.8) is 0 Å². The van der Waals surface area contributed by atoms with Crippen LogP contribution in [0.15, 0.2) is 48.5 Å². The predicted molar refractivity (Wildman–Crippen MR) is 92.4 cm³/mol. The minimum atomic E-state index is 0.776. The van der Waals surface area contributed by atoms with Gasteiger partial charge in [-0.2, -0.15) is 0 Å². The molecule has 114 valence electrons. The average Bonchev–Trinajstić information content (AvgIpc) is 2.96. The predicted octanol–water partition coefficient (Wildman–Crippen LogP) is 4.15. The molecule has 2 aromatic carbocycles. The molecule has 0 saturated carbocycles.